The van der Waals surface area contributed by atoms with Crippen molar-refractivity contribution in [2.24, 2.45) is 0 Å². The first-order chi connectivity index (χ1) is 31.8. The molecule has 0 saturated heterocycles. The standard InChI is InChI=1S/C49H80O15P2/c1-3-5-7-9-11-13-15-17-19-21-23-25-27-29-31-33-35-37-48(53)59-39-45(50)41-61-65(55,56)63-43-47(52)44-64-66(57,58)62-42-46(51)40-60-49(54)38-36-34-32-30-28-26-24-22-20-18-16-14-12-10-8-6-4-2/h5,7,9,11-15,17-21,23-27,45-47,50-52H,3-4,6,8,10,16,22,28-44H2,1-2H3,(H,55,56)(H,57,58)/b7-5-,11-9+,14-12-,15-13+,19-17-,20-18-,23-21+,26-24-,27-25+. The molecule has 376 valence electrons. The summed E-state index contributed by atoms with van der Waals surface area (Å²) in [6, 6.07) is 0. The molecule has 5 atom stereocenters. The van der Waals surface area contributed by atoms with E-state index in [1.165, 1.54) is 19.3 Å². The Balaban J connectivity index is 4.00. The molecule has 0 aromatic rings. The maximum atomic E-state index is 12.2. The first kappa shape index (κ1) is 62.7. The highest BCUT2D eigenvalue weighted by Crippen LogP contribution is 2.45. The highest BCUT2D eigenvalue weighted by Gasteiger charge is 2.28. The fourth-order valence-corrected chi connectivity index (χ4v) is 6.84. The molecule has 0 spiro atoms. The predicted octanol–water partition coefficient (Wildman–Crippen LogP) is 10.5. The van der Waals surface area contributed by atoms with E-state index in [1.807, 2.05) is 66.8 Å². The molecule has 0 aliphatic rings. The van der Waals surface area contributed by atoms with E-state index >= 15 is 0 Å². The number of phosphoric ester groups is 2. The molecular formula is C49H80O15P2. The Morgan fingerprint density at radius 2 is 0.758 bits per heavy atom. The average molecular weight is 971 g/mol. The largest absolute Gasteiger partial charge is 0.472 e. The second-order valence-corrected chi connectivity index (χ2v) is 18.1. The van der Waals surface area contributed by atoms with E-state index in [9.17, 15) is 43.8 Å². The van der Waals surface area contributed by atoms with Crippen LogP contribution in [0.2, 0.25) is 0 Å². The molecule has 0 saturated carbocycles. The minimum Gasteiger partial charge on any atom is -0.463 e. The molecule has 0 aliphatic heterocycles. The summed E-state index contributed by atoms with van der Waals surface area (Å²) in [5.74, 6) is -1.07. The molecule has 0 heterocycles. The Bertz CT molecular complexity index is 1600. The van der Waals surface area contributed by atoms with Crippen LogP contribution in [0.3, 0.4) is 0 Å². The van der Waals surface area contributed by atoms with Gasteiger partial charge in [-0.05, 0) is 70.6 Å². The normalized spacial score (nSPS) is 16.0. The Morgan fingerprint density at radius 3 is 1.18 bits per heavy atom. The molecular weight excluding hydrogens is 890 g/mol. The van der Waals surface area contributed by atoms with Gasteiger partial charge in [0.05, 0.1) is 26.4 Å². The molecule has 0 aromatic heterocycles. The van der Waals surface area contributed by atoms with Crippen molar-refractivity contribution in [2.75, 3.05) is 39.6 Å². The van der Waals surface area contributed by atoms with Gasteiger partial charge in [-0.25, -0.2) is 9.13 Å². The first-order valence-electron chi connectivity index (χ1n) is 23.3. The highest BCUT2D eigenvalue weighted by atomic mass is 31.2. The number of phosphoric acid groups is 2. The van der Waals surface area contributed by atoms with Gasteiger partial charge in [0.25, 0.3) is 0 Å². The molecule has 66 heavy (non-hydrogen) atoms. The molecule has 0 bridgehead atoms. The maximum absolute atomic E-state index is 12.2. The number of unbranched alkanes of at least 4 members (excludes halogenated alkanes) is 10. The number of aliphatic hydroxyl groups excluding tert-OH is 3. The van der Waals surface area contributed by atoms with E-state index in [-0.39, 0.29) is 12.8 Å². The Kier molecular flexibility index (Phi) is 42.0. The molecule has 0 fully saturated rings. The number of hydrogen-bond donors (Lipinski definition) is 5. The van der Waals surface area contributed by atoms with Gasteiger partial charge in [0.1, 0.15) is 31.5 Å². The summed E-state index contributed by atoms with van der Waals surface area (Å²) in [5, 5.41) is 30.0. The SMILES string of the molecule is CC\C=C/C=C/C=C/C=C\C=C\C=C\CCCCCC(=O)OCC(O)COP(=O)(O)OCC(O)COP(=O)(O)OCC(O)COC(=O)CCCCCC/C=C\C/C=C\C/C=C\CCCCC. The summed E-state index contributed by atoms with van der Waals surface area (Å²) >= 11 is 0. The monoisotopic (exact) mass is 970 g/mol. The molecule has 17 heteroatoms. The smallest absolute Gasteiger partial charge is 0.463 e. The number of allylic oxidation sites excluding steroid dienone is 18. The topological polar surface area (TPSA) is 225 Å². The Morgan fingerprint density at radius 1 is 0.424 bits per heavy atom. The molecule has 0 rings (SSSR count). The van der Waals surface area contributed by atoms with E-state index in [2.05, 4.69) is 74.5 Å². The van der Waals surface area contributed by atoms with E-state index in [0.717, 1.165) is 70.6 Å². The number of hydrogen-bond acceptors (Lipinski definition) is 13. The number of carbonyl (C=O) groups excluding carboxylic acids is 2. The van der Waals surface area contributed by atoms with Gasteiger partial charge in [-0.15, -0.1) is 0 Å². The summed E-state index contributed by atoms with van der Waals surface area (Å²) in [6.45, 7) is 0.124. The van der Waals surface area contributed by atoms with Crippen molar-refractivity contribution in [3.05, 3.63) is 109 Å². The number of aliphatic hydroxyl groups is 3. The van der Waals surface area contributed by atoms with Crippen LogP contribution >= 0.6 is 15.6 Å². The molecule has 15 nitrogen and oxygen atoms in total. The van der Waals surface area contributed by atoms with E-state index in [4.69, 9.17) is 9.47 Å². The zero-order valence-electron chi connectivity index (χ0n) is 39.3. The Labute approximate surface area is 394 Å². The predicted molar refractivity (Wildman–Crippen MR) is 260 cm³/mol. The third-order valence-corrected chi connectivity index (χ3v) is 10.8. The zero-order chi connectivity index (χ0) is 48.8. The van der Waals surface area contributed by atoms with Crippen molar-refractivity contribution in [2.45, 2.75) is 148 Å². The van der Waals surface area contributed by atoms with Gasteiger partial charge in [0, 0.05) is 12.8 Å². The zero-order valence-corrected chi connectivity index (χ0v) is 41.1. The number of carbonyl (C=O) groups is 2. The fraction of sp³-hybridized carbons (Fsp3) is 0.592. The number of rotatable bonds is 43. The van der Waals surface area contributed by atoms with Gasteiger partial charge >= 0.3 is 27.6 Å². The van der Waals surface area contributed by atoms with Crippen LogP contribution in [-0.4, -0.2) is 95.0 Å². The minimum absolute atomic E-state index is 0.138. The van der Waals surface area contributed by atoms with Gasteiger partial charge in [0.15, 0.2) is 0 Å². The van der Waals surface area contributed by atoms with Crippen molar-refractivity contribution < 1.29 is 71.4 Å². The van der Waals surface area contributed by atoms with Gasteiger partial charge in [-0.3, -0.25) is 27.7 Å². The van der Waals surface area contributed by atoms with Crippen molar-refractivity contribution in [1.82, 2.24) is 0 Å². The van der Waals surface area contributed by atoms with Gasteiger partial charge in [0.2, 0.25) is 0 Å². The summed E-state index contributed by atoms with van der Waals surface area (Å²) in [6.07, 6.45) is 47.9. The van der Waals surface area contributed by atoms with E-state index in [1.54, 1.807) is 0 Å². The summed E-state index contributed by atoms with van der Waals surface area (Å²) in [7, 11) is -9.61. The van der Waals surface area contributed by atoms with Crippen molar-refractivity contribution in [3.8, 4) is 0 Å². The van der Waals surface area contributed by atoms with Crippen LogP contribution in [0.1, 0.15) is 129 Å². The van der Waals surface area contributed by atoms with Crippen LogP contribution in [0.25, 0.3) is 0 Å². The molecule has 5 N–H and O–H groups in total. The lowest BCUT2D eigenvalue weighted by Crippen LogP contribution is -2.25. The number of ether oxygens (including phenoxy) is 2. The van der Waals surface area contributed by atoms with Crippen molar-refractivity contribution >= 4 is 27.6 Å². The van der Waals surface area contributed by atoms with Crippen LogP contribution in [0, 0.1) is 0 Å². The Hall–Kier alpha value is -3.30. The minimum atomic E-state index is -4.81. The van der Waals surface area contributed by atoms with Gasteiger partial charge in [-0.1, -0.05) is 155 Å². The molecule has 0 radical (unpaired) electrons. The van der Waals surface area contributed by atoms with Crippen LogP contribution < -0.4 is 0 Å². The van der Waals surface area contributed by atoms with Gasteiger partial charge < -0.3 is 34.6 Å². The summed E-state index contributed by atoms with van der Waals surface area (Å²) in [4.78, 5) is 43.7. The highest BCUT2D eigenvalue weighted by molar-refractivity contribution is 7.47. The average Bonchev–Trinajstić information content (AvgIpc) is 3.29. The lowest BCUT2D eigenvalue weighted by Gasteiger charge is -2.19. The molecule has 0 aromatic carbocycles. The van der Waals surface area contributed by atoms with Crippen LogP contribution in [0.4, 0.5) is 0 Å². The first-order valence-corrected chi connectivity index (χ1v) is 26.3. The lowest BCUT2D eigenvalue weighted by molar-refractivity contribution is -0.148. The van der Waals surface area contributed by atoms with Crippen LogP contribution in [-0.2, 0) is 46.3 Å². The third kappa shape index (κ3) is 45.8. The molecule has 0 amide bonds. The van der Waals surface area contributed by atoms with Crippen LogP contribution in [0.15, 0.2) is 109 Å². The third-order valence-electron chi connectivity index (χ3n) is 8.87. The summed E-state index contributed by atoms with van der Waals surface area (Å²) < 4.78 is 52.9. The second kappa shape index (κ2) is 44.2. The molecule has 0 aliphatic carbocycles. The van der Waals surface area contributed by atoms with Crippen molar-refractivity contribution in [3.63, 3.8) is 0 Å². The molecule has 5 unspecified atom stereocenters. The maximum Gasteiger partial charge on any atom is 0.472 e. The number of esters is 2. The second-order valence-electron chi connectivity index (χ2n) is 15.2. The quantitative estimate of drug-likeness (QED) is 0.0126. The summed E-state index contributed by atoms with van der Waals surface area (Å²) in [5.41, 5.74) is 0. The van der Waals surface area contributed by atoms with Crippen molar-refractivity contribution in [1.29, 1.82) is 0 Å². The fourth-order valence-electron chi connectivity index (χ4n) is 5.25. The van der Waals surface area contributed by atoms with E-state index in [0.29, 0.717) is 12.8 Å². The van der Waals surface area contributed by atoms with E-state index < -0.39 is 85.5 Å². The lowest BCUT2D eigenvalue weighted by atomic mass is 10.1. The van der Waals surface area contributed by atoms with Crippen LogP contribution in [0.5, 0.6) is 0 Å². The van der Waals surface area contributed by atoms with Gasteiger partial charge in [-0.2, -0.15) is 0 Å².